The summed E-state index contributed by atoms with van der Waals surface area (Å²) in [5.74, 6) is 1.54. The van der Waals surface area contributed by atoms with E-state index in [-0.39, 0.29) is 5.56 Å². The van der Waals surface area contributed by atoms with Gasteiger partial charge in [-0.15, -0.1) is 11.3 Å². The molecule has 1 fully saturated rings. The molecule has 3 aromatic rings. The van der Waals surface area contributed by atoms with E-state index in [4.69, 9.17) is 4.74 Å². The van der Waals surface area contributed by atoms with E-state index in [1.807, 2.05) is 12.1 Å². The van der Waals surface area contributed by atoms with Gasteiger partial charge in [-0.25, -0.2) is 4.98 Å². The van der Waals surface area contributed by atoms with Crippen LogP contribution in [0.15, 0.2) is 35.4 Å². The van der Waals surface area contributed by atoms with E-state index in [2.05, 4.69) is 27.3 Å². The van der Waals surface area contributed by atoms with Crippen LogP contribution in [-0.2, 0) is 19.6 Å². The number of fused-ring (bicyclic) bond motifs is 3. The molecule has 4 heterocycles. The number of rotatable bonds is 5. The third-order valence-corrected chi connectivity index (χ3v) is 7.41. The topological polar surface area (TPSA) is 59.4 Å². The maximum absolute atomic E-state index is 13.0. The van der Waals surface area contributed by atoms with E-state index < -0.39 is 0 Å². The average Bonchev–Trinajstić information content (AvgIpc) is 3.35. The molecular formula is C22H26N4O2S. The first-order valence-electron chi connectivity index (χ1n) is 10.3. The van der Waals surface area contributed by atoms with Crippen molar-refractivity contribution < 1.29 is 4.74 Å². The van der Waals surface area contributed by atoms with Crippen molar-refractivity contribution in [2.24, 2.45) is 0 Å². The molecule has 2 aromatic heterocycles. The number of nitrogens with zero attached hydrogens (tertiary/aromatic N) is 3. The van der Waals surface area contributed by atoms with Gasteiger partial charge in [-0.1, -0.05) is 18.2 Å². The van der Waals surface area contributed by atoms with Crippen molar-refractivity contribution >= 4 is 21.6 Å². The Morgan fingerprint density at radius 2 is 2.03 bits per heavy atom. The van der Waals surface area contributed by atoms with E-state index in [1.54, 1.807) is 29.3 Å². The van der Waals surface area contributed by atoms with Gasteiger partial charge in [0.1, 0.15) is 10.6 Å². The normalized spacial score (nSPS) is 17.7. The monoisotopic (exact) mass is 410 g/mol. The Bertz CT molecular complexity index is 1080. The van der Waals surface area contributed by atoms with Gasteiger partial charge < -0.3 is 15.0 Å². The molecular weight excluding hydrogens is 384 g/mol. The van der Waals surface area contributed by atoms with Crippen molar-refractivity contribution in [3.63, 3.8) is 0 Å². The zero-order valence-electron chi connectivity index (χ0n) is 16.7. The number of hydrogen-bond acceptors (Lipinski definition) is 6. The second-order valence-electron chi connectivity index (χ2n) is 7.89. The van der Waals surface area contributed by atoms with Gasteiger partial charge in [-0.3, -0.25) is 9.36 Å². The van der Waals surface area contributed by atoms with Crippen LogP contribution >= 0.6 is 11.3 Å². The summed E-state index contributed by atoms with van der Waals surface area (Å²) >= 11 is 1.65. The van der Waals surface area contributed by atoms with Crippen molar-refractivity contribution in [2.45, 2.75) is 38.4 Å². The minimum atomic E-state index is 0.111. The zero-order valence-corrected chi connectivity index (χ0v) is 17.5. The Morgan fingerprint density at radius 1 is 1.21 bits per heavy atom. The van der Waals surface area contributed by atoms with E-state index >= 15 is 0 Å². The predicted molar refractivity (Wildman–Crippen MR) is 116 cm³/mol. The summed E-state index contributed by atoms with van der Waals surface area (Å²) in [6.45, 7) is 5.31. The molecule has 6 nitrogen and oxygen atoms in total. The molecule has 1 N–H and O–H groups in total. The van der Waals surface area contributed by atoms with E-state index in [1.165, 1.54) is 10.4 Å². The lowest BCUT2D eigenvalue weighted by Gasteiger charge is -2.32. The number of piperidine rings is 1. The largest absolute Gasteiger partial charge is 0.496 e. The van der Waals surface area contributed by atoms with Crippen molar-refractivity contribution in [3.8, 4) is 5.75 Å². The fourth-order valence-corrected chi connectivity index (χ4v) is 5.76. The van der Waals surface area contributed by atoms with Crippen LogP contribution in [0, 0.1) is 0 Å². The molecule has 0 spiro atoms. The number of aromatic nitrogens is 2. The fourth-order valence-electron chi connectivity index (χ4n) is 4.64. The number of thiophene rings is 1. The van der Waals surface area contributed by atoms with Gasteiger partial charge in [-0.2, -0.15) is 0 Å². The second kappa shape index (κ2) is 7.89. The first-order chi connectivity index (χ1) is 14.2. The molecule has 0 bridgehead atoms. The van der Waals surface area contributed by atoms with Crippen molar-refractivity contribution in [3.05, 3.63) is 57.0 Å². The highest BCUT2D eigenvalue weighted by atomic mass is 32.1. The summed E-state index contributed by atoms with van der Waals surface area (Å²) < 4.78 is 7.33. The van der Waals surface area contributed by atoms with E-state index in [0.717, 1.165) is 67.1 Å². The van der Waals surface area contributed by atoms with E-state index in [9.17, 15) is 4.79 Å². The summed E-state index contributed by atoms with van der Waals surface area (Å²) in [5, 5.41) is 4.16. The number of ether oxygens (including phenoxy) is 1. The smallest absolute Gasteiger partial charge is 0.262 e. The molecule has 2 aliphatic heterocycles. The molecule has 0 amide bonds. The molecule has 152 valence electrons. The Kier molecular flexibility index (Phi) is 5.11. The maximum Gasteiger partial charge on any atom is 0.262 e. The van der Waals surface area contributed by atoms with Crippen LogP contribution in [0.3, 0.4) is 0 Å². The zero-order chi connectivity index (χ0) is 19.8. The van der Waals surface area contributed by atoms with Crippen LogP contribution in [0.1, 0.15) is 34.8 Å². The standard InChI is InChI=1S/C22H26N4O2S/c1-28-18-5-3-2-4-16(18)15-6-8-25(9-7-15)10-11-26-14-24-21-20(22(26)27)17-12-23-13-19(17)29-21/h2-5,14-15,23H,6-13H2,1H3. The highest BCUT2D eigenvalue weighted by molar-refractivity contribution is 7.18. The first-order valence-corrected chi connectivity index (χ1v) is 11.1. The molecule has 7 heteroatoms. The quantitative estimate of drug-likeness (QED) is 0.701. The summed E-state index contributed by atoms with van der Waals surface area (Å²) in [6, 6.07) is 8.36. The Hall–Kier alpha value is -2.22. The van der Waals surface area contributed by atoms with E-state index in [0.29, 0.717) is 12.5 Å². The molecule has 0 unspecified atom stereocenters. The predicted octanol–water partition coefficient (Wildman–Crippen LogP) is 2.95. The molecule has 0 aliphatic carbocycles. The number of para-hydroxylation sites is 1. The van der Waals surface area contributed by atoms with Gasteiger partial charge >= 0.3 is 0 Å². The lowest BCUT2D eigenvalue weighted by Crippen LogP contribution is -2.36. The number of benzene rings is 1. The SMILES string of the molecule is COc1ccccc1C1CCN(CCn2cnc3sc4c(c3c2=O)CNC4)CC1. The van der Waals surface area contributed by atoms with Gasteiger partial charge in [0.05, 0.1) is 18.8 Å². The third kappa shape index (κ3) is 3.47. The summed E-state index contributed by atoms with van der Waals surface area (Å²) in [4.78, 5) is 22.2. The average molecular weight is 411 g/mol. The molecule has 0 atom stereocenters. The van der Waals surface area contributed by atoms with Gasteiger partial charge in [0.2, 0.25) is 0 Å². The molecule has 5 rings (SSSR count). The van der Waals surface area contributed by atoms with Gasteiger partial charge in [-0.05, 0) is 49.0 Å². The van der Waals surface area contributed by atoms with Crippen LogP contribution in [0.2, 0.25) is 0 Å². The molecule has 29 heavy (non-hydrogen) atoms. The van der Waals surface area contributed by atoms with Crippen molar-refractivity contribution in [2.75, 3.05) is 26.7 Å². The maximum atomic E-state index is 13.0. The number of methoxy groups -OCH3 is 1. The lowest BCUT2D eigenvalue weighted by molar-refractivity contribution is 0.203. The number of hydrogen-bond donors (Lipinski definition) is 1. The highest BCUT2D eigenvalue weighted by Crippen LogP contribution is 2.34. The van der Waals surface area contributed by atoms with Crippen molar-refractivity contribution in [1.82, 2.24) is 19.8 Å². The van der Waals surface area contributed by atoms with Crippen LogP contribution < -0.4 is 15.6 Å². The van der Waals surface area contributed by atoms with Gasteiger partial charge in [0.25, 0.3) is 5.56 Å². The van der Waals surface area contributed by atoms with Crippen molar-refractivity contribution in [1.29, 1.82) is 0 Å². The summed E-state index contributed by atoms with van der Waals surface area (Å²) in [5.41, 5.74) is 2.59. The highest BCUT2D eigenvalue weighted by Gasteiger charge is 2.24. The van der Waals surface area contributed by atoms with Crippen LogP contribution in [0.4, 0.5) is 0 Å². The van der Waals surface area contributed by atoms with Crippen LogP contribution in [-0.4, -0.2) is 41.2 Å². The minimum Gasteiger partial charge on any atom is -0.496 e. The fraction of sp³-hybridized carbons (Fsp3) is 0.455. The second-order valence-corrected chi connectivity index (χ2v) is 8.97. The Morgan fingerprint density at radius 3 is 2.86 bits per heavy atom. The third-order valence-electron chi connectivity index (χ3n) is 6.27. The van der Waals surface area contributed by atoms with Crippen LogP contribution in [0.25, 0.3) is 10.2 Å². The number of nitrogens with one attached hydrogen (secondary N) is 1. The molecule has 1 saturated heterocycles. The Labute approximate surface area is 174 Å². The first kappa shape index (κ1) is 18.8. The Balaban J connectivity index is 1.24. The molecule has 1 aromatic carbocycles. The lowest BCUT2D eigenvalue weighted by atomic mass is 9.89. The summed E-state index contributed by atoms with van der Waals surface area (Å²) in [7, 11) is 1.75. The van der Waals surface area contributed by atoms with Gasteiger partial charge in [0, 0.05) is 31.1 Å². The van der Waals surface area contributed by atoms with Gasteiger partial charge in [0.15, 0.2) is 0 Å². The number of likely N-dealkylation sites (tertiary alicyclic amines) is 1. The molecule has 0 radical (unpaired) electrons. The van der Waals surface area contributed by atoms with Crippen LogP contribution in [0.5, 0.6) is 5.75 Å². The summed E-state index contributed by atoms with van der Waals surface area (Å²) in [6.07, 6.45) is 3.97. The molecule has 0 saturated carbocycles. The minimum absolute atomic E-state index is 0.111. The molecule has 2 aliphatic rings.